The van der Waals surface area contributed by atoms with Crippen LogP contribution >= 0.6 is 0 Å². The van der Waals surface area contributed by atoms with Crippen LogP contribution in [-0.2, 0) is 12.8 Å². The third-order valence-electron chi connectivity index (χ3n) is 4.09. The maximum Gasteiger partial charge on any atom is 0.228 e. The molecule has 0 saturated carbocycles. The highest BCUT2D eigenvalue weighted by atomic mass is 19.1. The zero-order valence-electron chi connectivity index (χ0n) is 12.9. The van der Waals surface area contributed by atoms with Crippen LogP contribution in [0.2, 0.25) is 0 Å². The van der Waals surface area contributed by atoms with E-state index in [-0.39, 0.29) is 17.8 Å². The number of nitrogens with two attached hydrogens (primary N) is 1. The Morgan fingerprint density at radius 3 is 2.91 bits per heavy atom. The van der Waals surface area contributed by atoms with E-state index in [1.165, 1.54) is 0 Å². The Balaban J connectivity index is 1.92. The lowest BCUT2D eigenvalue weighted by atomic mass is 9.86. The van der Waals surface area contributed by atoms with E-state index in [2.05, 4.69) is 20.3 Å². The number of fused-ring (bicyclic) bond motifs is 1. The van der Waals surface area contributed by atoms with Gasteiger partial charge in [0.05, 0.1) is 6.04 Å². The molecule has 3 rings (SSSR count). The molecule has 0 fully saturated rings. The number of aromatic nitrogens is 3. The summed E-state index contributed by atoms with van der Waals surface area (Å²) in [7, 11) is 0. The second kappa shape index (κ2) is 5.87. The minimum Gasteiger partial charge on any atom is -0.368 e. The number of benzene rings is 1. The van der Waals surface area contributed by atoms with Crippen molar-refractivity contribution >= 4 is 11.9 Å². The van der Waals surface area contributed by atoms with Gasteiger partial charge >= 0.3 is 0 Å². The van der Waals surface area contributed by atoms with Crippen molar-refractivity contribution in [2.75, 3.05) is 11.1 Å². The van der Waals surface area contributed by atoms with Crippen LogP contribution in [0.15, 0.2) is 12.1 Å². The maximum absolute atomic E-state index is 14.3. The molecule has 1 aliphatic carbocycles. The second-order valence-electron chi connectivity index (χ2n) is 5.64. The first kappa shape index (κ1) is 14.7. The number of hydrogen-bond donors (Lipinski definition) is 2. The molecule has 22 heavy (non-hydrogen) atoms. The van der Waals surface area contributed by atoms with E-state index in [4.69, 9.17) is 5.73 Å². The molecule has 1 heterocycles. The van der Waals surface area contributed by atoms with E-state index in [0.717, 1.165) is 30.4 Å². The van der Waals surface area contributed by atoms with Gasteiger partial charge in [0.15, 0.2) is 0 Å². The summed E-state index contributed by atoms with van der Waals surface area (Å²) in [6, 6.07) is 3.83. The number of nitrogen functional groups attached to an aromatic ring is 1. The molecule has 0 saturated heterocycles. The minimum atomic E-state index is -0.0894. The third kappa shape index (κ3) is 2.73. The number of hydrogen-bond acceptors (Lipinski definition) is 5. The molecule has 1 aromatic carbocycles. The summed E-state index contributed by atoms with van der Waals surface area (Å²) in [4.78, 5) is 12.6. The summed E-state index contributed by atoms with van der Waals surface area (Å²) >= 11 is 0. The van der Waals surface area contributed by atoms with Gasteiger partial charge < -0.3 is 11.1 Å². The number of rotatable bonds is 3. The van der Waals surface area contributed by atoms with Crippen LogP contribution in [0.1, 0.15) is 48.3 Å². The molecule has 0 bridgehead atoms. The number of nitrogens with zero attached hydrogens (tertiary/aromatic N) is 3. The molecule has 6 heteroatoms. The SMILES string of the molecule is CCc1nc(N)nc(N[C@@H]2CCCc3c2ccc(C)c3F)n1. The van der Waals surface area contributed by atoms with Crippen molar-refractivity contribution in [1.29, 1.82) is 0 Å². The van der Waals surface area contributed by atoms with Gasteiger partial charge in [-0.2, -0.15) is 15.0 Å². The number of aryl methyl sites for hydroxylation is 2. The fourth-order valence-electron chi connectivity index (χ4n) is 2.94. The molecule has 0 aliphatic heterocycles. The maximum atomic E-state index is 14.3. The van der Waals surface area contributed by atoms with Crippen LogP contribution < -0.4 is 11.1 Å². The highest BCUT2D eigenvalue weighted by Gasteiger charge is 2.24. The summed E-state index contributed by atoms with van der Waals surface area (Å²) in [6.45, 7) is 3.76. The van der Waals surface area contributed by atoms with Crippen molar-refractivity contribution in [1.82, 2.24) is 15.0 Å². The van der Waals surface area contributed by atoms with E-state index >= 15 is 0 Å². The minimum absolute atomic E-state index is 0.00496. The lowest BCUT2D eigenvalue weighted by Crippen LogP contribution is -2.21. The molecular weight excluding hydrogens is 281 g/mol. The molecule has 2 aromatic rings. The average molecular weight is 301 g/mol. The Morgan fingerprint density at radius 1 is 1.32 bits per heavy atom. The summed E-state index contributed by atoms with van der Waals surface area (Å²) in [5.41, 5.74) is 8.21. The average Bonchev–Trinajstić information content (AvgIpc) is 2.51. The van der Waals surface area contributed by atoms with Crippen LogP contribution in [0.4, 0.5) is 16.3 Å². The van der Waals surface area contributed by atoms with Crippen LogP contribution in [0.5, 0.6) is 0 Å². The van der Waals surface area contributed by atoms with Gasteiger partial charge in [-0.1, -0.05) is 19.1 Å². The van der Waals surface area contributed by atoms with Crippen LogP contribution in [0.3, 0.4) is 0 Å². The highest BCUT2D eigenvalue weighted by Crippen LogP contribution is 2.34. The van der Waals surface area contributed by atoms with Gasteiger partial charge in [0, 0.05) is 6.42 Å². The van der Waals surface area contributed by atoms with Gasteiger partial charge in [0.2, 0.25) is 11.9 Å². The monoisotopic (exact) mass is 301 g/mol. The fourth-order valence-corrected chi connectivity index (χ4v) is 2.94. The lowest BCUT2D eigenvalue weighted by Gasteiger charge is -2.27. The van der Waals surface area contributed by atoms with Crippen LogP contribution in [0, 0.1) is 12.7 Å². The molecule has 0 radical (unpaired) electrons. The van der Waals surface area contributed by atoms with Crippen molar-refractivity contribution in [3.05, 3.63) is 40.5 Å². The molecule has 0 spiro atoms. The van der Waals surface area contributed by atoms with Crippen LogP contribution in [0.25, 0.3) is 0 Å². The van der Waals surface area contributed by atoms with Crippen molar-refractivity contribution in [2.45, 2.75) is 45.6 Å². The molecule has 1 aliphatic rings. The first-order valence-corrected chi connectivity index (χ1v) is 7.63. The largest absolute Gasteiger partial charge is 0.368 e. The molecule has 116 valence electrons. The molecule has 1 atom stereocenters. The summed E-state index contributed by atoms with van der Waals surface area (Å²) in [5, 5.41) is 3.29. The van der Waals surface area contributed by atoms with Gasteiger partial charge in [0.1, 0.15) is 11.6 Å². The molecule has 1 aromatic heterocycles. The summed E-state index contributed by atoms with van der Waals surface area (Å²) in [6.07, 6.45) is 3.33. The fraction of sp³-hybridized carbons (Fsp3) is 0.438. The molecule has 0 unspecified atom stereocenters. The topological polar surface area (TPSA) is 76.7 Å². The van der Waals surface area contributed by atoms with Gasteiger partial charge in [-0.25, -0.2) is 4.39 Å². The van der Waals surface area contributed by atoms with E-state index < -0.39 is 0 Å². The van der Waals surface area contributed by atoms with Gasteiger partial charge in [-0.3, -0.25) is 0 Å². The molecular formula is C16H20FN5. The van der Waals surface area contributed by atoms with E-state index in [1.807, 2.05) is 19.1 Å². The zero-order valence-corrected chi connectivity index (χ0v) is 12.9. The van der Waals surface area contributed by atoms with Crippen molar-refractivity contribution in [3.63, 3.8) is 0 Å². The molecule has 5 nitrogen and oxygen atoms in total. The molecule has 3 N–H and O–H groups in total. The predicted molar refractivity (Wildman–Crippen MR) is 84.1 cm³/mol. The van der Waals surface area contributed by atoms with E-state index in [9.17, 15) is 4.39 Å². The van der Waals surface area contributed by atoms with Gasteiger partial charge in [-0.05, 0) is 42.9 Å². The lowest BCUT2D eigenvalue weighted by molar-refractivity contribution is 0.541. The third-order valence-corrected chi connectivity index (χ3v) is 4.09. The quantitative estimate of drug-likeness (QED) is 0.911. The Kier molecular flexibility index (Phi) is 3.92. The van der Waals surface area contributed by atoms with Gasteiger partial charge in [-0.15, -0.1) is 0 Å². The first-order chi connectivity index (χ1) is 10.6. The number of nitrogens with one attached hydrogen (secondary N) is 1. The Morgan fingerprint density at radius 2 is 2.14 bits per heavy atom. The van der Waals surface area contributed by atoms with Crippen molar-refractivity contribution in [3.8, 4) is 0 Å². The Labute approximate surface area is 129 Å². The number of anilines is 2. The normalized spacial score (nSPS) is 17.1. The molecule has 0 amide bonds. The number of halogens is 1. The van der Waals surface area contributed by atoms with E-state index in [1.54, 1.807) is 6.92 Å². The van der Waals surface area contributed by atoms with E-state index in [0.29, 0.717) is 23.8 Å². The smallest absolute Gasteiger partial charge is 0.228 e. The highest BCUT2D eigenvalue weighted by molar-refractivity contribution is 5.42. The van der Waals surface area contributed by atoms with Crippen molar-refractivity contribution in [2.24, 2.45) is 0 Å². The Hall–Kier alpha value is -2.24. The first-order valence-electron chi connectivity index (χ1n) is 7.63. The van der Waals surface area contributed by atoms with Crippen LogP contribution in [-0.4, -0.2) is 15.0 Å². The standard InChI is InChI=1S/C16H20FN5/c1-3-13-20-15(18)22-16(21-13)19-12-6-4-5-11-10(12)8-7-9(2)14(11)17/h7-8,12H,3-6H2,1-2H3,(H3,18,19,20,21,22)/t12-/m1/s1. The second-order valence-corrected chi connectivity index (χ2v) is 5.64. The van der Waals surface area contributed by atoms with Gasteiger partial charge in [0.25, 0.3) is 0 Å². The van der Waals surface area contributed by atoms with Crippen molar-refractivity contribution < 1.29 is 4.39 Å². The zero-order chi connectivity index (χ0) is 15.7. The summed E-state index contributed by atoms with van der Waals surface area (Å²) < 4.78 is 14.3. The summed E-state index contributed by atoms with van der Waals surface area (Å²) in [5.74, 6) is 1.23. The Bertz CT molecular complexity index is 701. The predicted octanol–water partition coefficient (Wildman–Crippen LogP) is 2.95.